The quantitative estimate of drug-likeness (QED) is 0.365. The zero-order chi connectivity index (χ0) is 25.3. The number of aromatic nitrogens is 1. The van der Waals surface area contributed by atoms with Crippen LogP contribution < -0.4 is 0 Å². The van der Waals surface area contributed by atoms with Gasteiger partial charge >= 0.3 is 5.97 Å². The summed E-state index contributed by atoms with van der Waals surface area (Å²) >= 11 is 1.55. The van der Waals surface area contributed by atoms with E-state index in [1.807, 2.05) is 44.4 Å². The molecule has 6 atom stereocenters. The predicted octanol–water partition coefficient (Wildman–Crippen LogP) is 4.01. The molecule has 1 fully saturated rings. The number of ketones is 1. The fraction of sp³-hybridized carbons (Fsp3) is 0.654. The number of ether oxygens (including phenoxy) is 2. The minimum Gasteiger partial charge on any atom is -0.458 e. The first kappa shape index (κ1) is 26.7. The molecular formula is C26H37NO6S. The lowest BCUT2D eigenvalue weighted by Crippen LogP contribution is -2.47. The van der Waals surface area contributed by atoms with Crippen molar-refractivity contribution in [3.8, 4) is 0 Å². The van der Waals surface area contributed by atoms with Crippen molar-refractivity contribution in [2.24, 2.45) is 11.3 Å². The summed E-state index contributed by atoms with van der Waals surface area (Å²) in [6.45, 7) is 10.6. The van der Waals surface area contributed by atoms with Crippen molar-refractivity contribution in [3.63, 3.8) is 0 Å². The molecule has 0 amide bonds. The van der Waals surface area contributed by atoms with Crippen LogP contribution in [0.2, 0.25) is 0 Å². The summed E-state index contributed by atoms with van der Waals surface area (Å²) in [5.41, 5.74) is -0.0971. The SMILES string of the molecule is C/C1=C/C[C@@H](C=Cc2csc(C)n2)OC(=O)C[C@H](O)C(C)(C)C(=O)[C@H](C)[C@@H](O)C2(C)OC2CC1. The first-order valence-electron chi connectivity index (χ1n) is 11.9. The molecule has 0 aromatic carbocycles. The van der Waals surface area contributed by atoms with E-state index in [2.05, 4.69) is 4.98 Å². The number of carbonyl (C=O) groups is 2. The molecular weight excluding hydrogens is 454 g/mol. The zero-order valence-electron chi connectivity index (χ0n) is 20.9. The molecule has 2 aliphatic heterocycles. The number of aryl methyl sites for hydroxylation is 1. The van der Waals surface area contributed by atoms with Gasteiger partial charge < -0.3 is 19.7 Å². The van der Waals surface area contributed by atoms with E-state index in [1.165, 1.54) is 0 Å². The summed E-state index contributed by atoms with van der Waals surface area (Å²) in [5, 5.41) is 24.6. The molecule has 2 aliphatic rings. The number of hydrogen-bond acceptors (Lipinski definition) is 8. The van der Waals surface area contributed by atoms with E-state index in [-0.39, 0.29) is 18.3 Å². The van der Waals surface area contributed by atoms with Crippen LogP contribution in [0.15, 0.2) is 23.1 Å². The first-order valence-corrected chi connectivity index (χ1v) is 12.8. The van der Waals surface area contributed by atoms with E-state index in [4.69, 9.17) is 9.47 Å². The second-order valence-electron chi connectivity index (χ2n) is 10.3. The molecule has 0 aliphatic carbocycles. The summed E-state index contributed by atoms with van der Waals surface area (Å²) in [6, 6.07) is 0. The smallest absolute Gasteiger partial charge is 0.309 e. The van der Waals surface area contributed by atoms with Gasteiger partial charge in [-0.25, -0.2) is 4.98 Å². The summed E-state index contributed by atoms with van der Waals surface area (Å²) in [7, 11) is 0. The van der Waals surface area contributed by atoms with E-state index in [9.17, 15) is 19.8 Å². The summed E-state index contributed by atoms with van der Waals surface area (Å²) in [6.07, 6.45) is 4.44. The zero-order valence-corrected chi connectivity index (χ0v) is 21.7. The van der Waals surface area contributed by atoms with Crippen LogP contribution in [0.25, 0.3) is 6.08 Å². The number of fused-ring (bicyclic) bond motifs is 1. The van der Waals surface area contributed by atoms with Crippen molar-refractivity contribution in [3.05, 3.63) is 33.8 Å². The third kappa shape index (κ3) is 6.03. The Kier molecular flexibility index (Phi) is 8.18. The Morgan fingerprint density at radius 2 is 1.91 bits per heavy atom. The van der Waals surface area contributed by atoms with E-state index < -0.39 is 41.2 Å². The van der Waals surface area contributed by atoms with Crippen LogP contribution in [0, 0.1) is 18.3 Å². The number of nitrogens with zero attached hydrogens (tertiary/aromatic N) is 1. The third-order valence-electron chi connectivity index (χ3n) is 7.18. The Morgan fingerprint density at radius 3 is 2.56 bits per heavy atom. The molecule has 1 aromatic heterocycles. The van der Waals surface area contributed by atoms with Gasteiger partial charge in [-0.1, -0.05) is 32.4 Å². The molecule has 2 unspecified atom stereocenters. The van der Waals surface area contributed by atoms with Crippen LogP contribution in [-0.4, -0.2) is 57.0 Å². The number of Topliss-reactive ketones (excluding diaryl/α,β-unsaturated/α-hetero) is 1. The lowest BCUT2D eigenvalue weighted by molar-refractivity contribution is -0.153. The van der Waals surface area contributed by atoms with E-state index >= 15 is 0 Å². The van der Waals surface area contributed by atoms with E-state index in [0.29, 0.717) is 6.42 Å². The van der Waals surface area contributed by atoms with Crippen molar-refractivity contribution in [1.82, 2.24) is 4.98 Å². The highest BCUT2D eigenvalue weighted by Crippen LogP contribution is 2.46. The Bertz CT molecular complexity index is 966. The van der Waals surface area contributed by atoms with Gasteiger partial charge in [0.15, 0.2) is 0 Å². The lowest BCUT2D eigenvalue weighted by Gasteiger charge is -2.34. The average molecular weight is 492 g/mol. The topological polar surface area (TPSA) is 109 Å². The van der Waals surface area contributed by atoms with Crippen molar-refractivity contribution in [2.75, 3.05) is 0 Å². The van der Waals surface area contributed by atoms with Crippen molar-refractivity contribution in [2.45, 2.75) is 97.2 Å². The molecule has 1 aromatic rings. The van der Waals surface area contributed by atoms with Crippen molar-refractivity contribution in [1.29, 1.82) is 0 Å². The number of allylic oxidation sites excluding steroid dienone is 1. The third-order valence-corrected chi connectivity index (χ3v) is 7.97. The molecule has 2 N–H and O–H groups in total. The Hall–Kier alpha value is -1.87. The normalized spacial score (nSPS) is 37.1. The molecule has 1 saturated heterocycles. The van der Waals surface area contributed by atoms with Crippen LogP contribution in [0.3, 0.4) is 0 Å². The monoisotopic (exact) mass is 491 g/mol. The van der Waals surface area contributed by atoms with Crippen molar-refractivity contribution < 1.29 is 29.3 Å². The minimum absolute atomic E-state index is 0.136. The Morgan fingerprint density at radius 1 is 1.21 bits per heavy atom. The molecule has 0 radical (unpaired) electrons. The number of cyclic esters (lactones) is 1. The number of aliphatic hydroxyl groups excluding tert-OH is 2. The van der Waals surface area contributed by atoms with Gasteiger partial charge in [0.25, 0.3) is 0 Å². The maximum atomic E-state index is 13.2. The van der Waals surface area contributed by atoms with Gasteiger partial charge in [0, 0.05) is 17.7 Å². The second-order valence-corrected chi connectivity index (χ2v) is 11.4. The maximum absolute atomic E-state index is 13.2. The molecule has 0 bridgehead atoms. The number of hydrogen-bond donors (Lipinski definition) is 2. The Balaban J connectivity index is 1.84. The largest absolute Gasteiger partial charge is 0.458 e. The maximum Gasteiger partial charge on any atom is 0.309 e. The number of carbonyl (C=O) groups excluding carboxylic acids is 2. The Labute approximate surface area is 205 Å². The van der Waals surface area contributed by atoms with Crippen LogP contribution >= 0.6 is 11.3 Å². The minimum atomic E-state index is -1.25. The lowest BCUT2D eigenvalue weighted by atomic mass is 9.73. The predicted molar refractivity (Wildman–Crippen MR) is 131 cm³/mol. The highest BCUT2D eigenvalue weighted by atomic mass is 32.1. The van der Waals surface area contributed by atoms with Gasteiger partial charge in [-0.05, 0) is 45.8 Å². The molecule has 7 nitrogen and oxygen atoms in total. The van der Waals surface area contributed by atoms with Gasteiger partial charge in [0.2, 0.25) is 0 Å². The highest BCUT2D eigenvalue weighted by Gasteiger charge is 2.59. The van der Waals surface area contributed by atoms with Crippen LogP contribution in [0.5, 0.6) is 0 Å². The molecule has 8 heteroatoms. The first-order chi connectivity index (χ1) is 15.8. The molecule has 3 rings (SSSR count). The van der Waals surface area contributed by atoms with Gasteiger partial charge in [-0.3, -0.25) is 9.59 Å². The van der Waals surface area contributed by atoms with Crippen LogP contribution in [0.1, 0.15) is 71.0 Å². The van der Waals surface area contributed by atoms with Gasteiger partial charge in [0.1, 0.15) is 17.5 Å². The number of epoxide rings is 1. The number of aliphatic hydroxyl groups is 2. The molecule has 34 heavy (non-hydrogen) atoms. The van der Waals surface area contributed by atoms with E-state index in [1.54, 1.807) is 32.1 Å². The summed E-state index contributed by atoms with van der Waals surface area (Å²) < 4.78 is 11.5. The standard InChI is InChI=1S/C26H37NO6S/c1-15-7-10-19(11-9-18-14-34-17(3)27-18)32-22(29)13-20(28)25(4,5)23(30)16(2)24(31)26(6)21(33-26)12-8-15/h7,9,11,14,16,19-21,24,28,31H,8,10,12-13H2,1-6H3/b11-9?,15-7-/t16-,19-,20-,21?,24+,26?/m0/s1. The number of thiazole rings is 1. The van der Waals surface area contributed by atoms with Crippen LogP contribution in [-0.2, 0) is 19.1 Å². The molecule has 188 valence electrons. The van der Waals surface area contributed by atoms with Gasteiger partial charge in [0.05, 0.1) is 40.8 Å². The average Bonchev–Trinajstić information content (AvgIpc) is 3.27. The second kappa shape index (κ2) is 10.4. The van der Waals surface area contributed by atoms with Gasteiger partial charge in [-0.2, -0.15) is 0 Å². The highest BCUT2D eigenvalue weighted by molar-refractivity contribution is 7.09. The van der Waals surface area contributed by atoms with Crippen molar-refractivity contribution >= 4 is 29.2 Å². The molecule has 0 spiro atoms. The number of rotatable bonds is 2. The molecule has 3 heterocycles. The fourth-order valence-electron chi connectivity index (χ4n) is 4.51. The van der Waals surface area contributed by atoms with E-state index in [0.717, 1.165) is 29.1 Å². The van der Waals surface area contributed by atoms with Gasteiger partial charge in [-0.15, -0.1) is 11.3 Å². The fourth-order valence-corrected chi connectivity index (χ4v) is 5.09. The molecule has 0 saturated carbocycles. The summed E-state index contributed by atoms with van der Waals surface area (Å²) in [4.78, 5) is 30.3. The van der Waals surface area contributed by atoms with Crippen LogP contribution in [0.4, 0.5) is 0 Å². The number of esters is 1. The summed E-state index contributed by atoms with van der Waals surface area (Å²) in [5.74, 6) is -1.65.